The SMILES string of the molecule is COc1cc(OCc2ccccc2)cc2oc3c(OCc4ccccc4)cccc3c(=O)c12. The Hall–Kier alpha value is -4.25. The Morgan fingerprint density at radius 2 is 1.39 bits per heavy atom. The molecule has 0 aliphatic heterocycles. The molecule has 5 rings (SSSR count). The van der Waals surface area contributed by atoms with Crippen LogP contribution >= 0.6 is 0 Å². The van der Waals surface area contributed by atoms with Crippen LogP contribution < -0.4 is 19.6 Å². The maximum Gasteiger partial charge on any atom is 0.204 e. The van der Waals surface area contributed by atoms with E-state index in [1.165, 1.54) is 7.11 Å². The molecular weight excluding hydrogens is 416 g/mol. The van der Waals surface area contributed by atoms with Crippen molar-refractivity contribution in [3.63, 3.8) is 0 Å². The van der Waals surface area contributed by atoms with Gasteiger partial charge in [-0.25, -0.2) is 0 Å². The zero-order valence-corrected chi connectivity index (χ0v) is 18.1. The lowest BCUT2D eigenvalue weighted by molar-refractivity contribution is 0.302. The Kier molecular flexibility index (Phi) is 5.68. The Labute approximate surface area is 190 Å². The second-order valence-electron chi connectivity index (χ2n) is 7.61. The first-order valence-corrected chi connectivity index (χ1v) is 10.6. The molecule has 4 aromatic carbocycles. The first-order chi connectivity index (χ1) is 16.2. The van der Waals surface area contributed by atoms with Gasteiger partial charge in [-0.3, -0.25) is 4.79 Å². The number of hydrogen-bond donors (Lipinski definition) is 0. The Balaban J connectivity index is 1.55. The average molecular weight is 438 g/mol. The van der Waals surface area contributed by atoms with E-state index in [0.717, 1.165) is 11.1 Å². The van der Waals surface area contributed by atoms with Gasteiger partial charge in [-0.15, -0.1) is 0 Å². The predicted octanol–water partition coefficient (Wildman–Crippen LogP) is 6.11. The minimum absolute atomic E-state index is 0.178. The van der Waals surface area contributed by atoms with E-state index in [0.29, 0.717) is 52.4 Å². The van der Waals surface area contributed by atoms with E-state index in [4.69, 9.17) is 18.6 Å². The molecule has 164 valence electrons. The van der Waals surface area contributed by atoms with Gasteiger partial charge in [0.25, 0.3) is 0 Å². The Morgan fingerprint density at radius 3 is 2.06 bits per heavy atom. The highest BCUT2D eigenvalue weighted by Crippen LogP contribution is 2.34. The molecule has 0 fully saturated rings. The highest BCUT2D eigenvalue weighted by atomic mass is 16.5. The Morgan fingerprint density at radius 1 is 0.727 bits per heavy atom. The molecular formula is C28H22O5. The molecule has 33 heavy (non-hydrogen) atoms. The minimum atomic E-state index is -0.178. The van der Waals surface area contributed by atoms with Crippen molar-refractivity contribution in [3.8, 4) is 17.2 Å². The van der Waals surface area contributed by atoms with Gasteiger partial charge in [0.1, 0.15) is 35.7 Å². The van der Waals surface area contributed by atoms with Gasteiger partial charge < -0.3 is 18.6 Å². The monoisotopic (exact) mass is 438 g/mol. The molecule has 0 bridgehead atoms. The van der Waals surface area contributed by atoms with Gasteiger partial charge >= 0.3 is 0 Å². The smallest absolute Gasteiger partial charge is 0.204 e. The van der Waals surface area contributed by atoms with Crippen molar-refractivity contribution >= 4 is 21.9 Å². The molecule has 0 aliphatic rings. The topological polar surface area (TPSA) is 57.9 Å². The van der Waals surface area contributed by atoms with Crippen LogP contribution in [0.2, 0.25) is 0 Å². The van der Waals surface area contributed by atoms with Gasteiger partial charge in [0, 0.05) is 12.1 Å². The number of rotatable bonds is 7. The van der Waals surface area contributed by atoms with Crippen molar-refractivity contribution < 1.29 is 18.6 Å². The molecule has 0 radical (unpaired) electrons. The van der Waals surface area contributed by atoms with E-state index in [-0.39, 0.29) is 5.43 Å². The summed E-state index contributed by atoms with van der Waals surface area (Å²) in [6, 6.07) is 28.4. The fourth-order valence-electron chi connectivity index (χ4n) is 3.75. The highest BCUT2D eigenvalue weighted by molar-refractivity contribution is 5.95. The molecule has 1 aromatic heterocycles. The van der Waals surface area contributed by atoms with Crippen LogP contribution in [0.4, 0.5) is 0 Å². The molecule has 0 aliphatic carbocycles. The molecule has 5 aromatic rings. The Bertz CT molecular complexity index is 1460. The number of benzene rings is 4. The van der Waals surface area contributed by atoms with Gasteiger partial charge in [-0.05, 0) is 23.3 Å². The van der Waals surface area contributed by atoms with Crippen molar-refractivity contribution in [1.82, 2.24) is 0 Å². The van der Waals surface area contributed by atoms with Crippen molar-refractivity contribution in [2.75, 3.05) is 7.11 Å². The van der Waals surface area contributed by atoms with E-state index < -0.39 is 0 Å². The van der Waals surface area contributed by atoms with E-state index in [2.05, 4.69) is 0 Å². The largest absolute Gasteiger partial charge is 0.496 e. The zero-order valence-electron chi connectivity index (χ0n) is 18.1. The standard InChI is InChI=1S/C28H22O5/c1-30-24-15-21(31-17-19-9-4-2-5-10-19)16-25-26(24)27(29)22-13-8-14-23(28(22)33-25)32-18-20-11-6-3-7-12-20/h2-16H,17-18H2,1H3. The summed E-state index contributed by atoms with van der Waals surface area (Å²) in [6.45, 7) is 0.754. The highest BCUT2D eigenvalue weighted by Gasteiger charge is 2.17. The third-order valence-corrected chi connectivity index (χ3v) is 5.41. The first kappa shape index (κ1) is 20.6. The zero-order chi connectivity index (χ0) is 22.6. The van der Waals surface area contributed by atoms with E-state index in [9.17, 15) is 4.79 Å². The number of para-hydroxylation sites is 1. The molecule has 5 heteroatoms. The average Bonchev–Trinajstić information content (AvgIpc) is 2.87. The van der Waals surface area contributed by atoms with E-state index >= 15 is 0 Å². The molecule has 0 amide bonds. The lowest BCUT2D eigenvalue weighted by Gasteiger charge is -2.13. The summed E-state index contributed by atoms with van der Waals surface area (Å²) in [7, 11) is 1.53. The van der Waals surface area contributed by atoms with Crippen LogP contribution in [0.15, 0.2) is 100 Å². The van der Waals surface area contributed by atoms with Crippen molar-refractivity contribution in [2.45, 2.75) is 13.2 Å². The number of fused-ring (bicyclic) bond motifs is 2. The van der Waals surface area contributed by atoms with Crippen LogP contribution in [-0.4, -0.2) is 7.11 Å². The van der Waals surface area contributed by atoms with Gasteiger partial charge in [0.2, 0.25) is 5.43 Å². The summed E-state index contributed by atoms with van der Waals surface area (Å²) in [5.74, 6) is 1.46. The normalized spacial score (nSPS) is 10.9. The molecule has 0 saturated heterocycles. The molecule has 0 unspecified atom stereocenters. The second-order valence-corrected chi connectivity index (χ2v) is 7.61. The van der Waals surface area contributed by atoms with E-state index in [1.54, 1.807) is 30.3 Å². The minimum Gasteiger partial charge on any atom is -0.496 e. The molecule has 0 N–H and O–H groups in total. The van der Waals surface area contributed by atoms with Crippen LogP contribution in [0, 0.1) is 0 Å². The fourth-order valence-corrected chi connectivity index (χ4v) is 3.75. The van der Waals surface area contributed by atoms with Crippen molar-refractivity contribution in [3.05, 3.63) is 112 Å². The molecule has 5 nitrogen and oxygen atoms in total. The number of ether oxygens (including phenoxy) is 3. The van der Waals surface area contributed by atoms with Crippen LogP contribution in [0.25, 0.3) is 21.9 Å². The van der Waals surface area contributed by atoms with Gasteiger partial charge in [-0.1, -0.05) is 66.7 Å². The maximum absolute atomic E-state index is 13.3. The summed E-state index contributed by atoms with van der Waals surface area (Å²) in [5, 5.41) is 0.807. The van der Waals surface area contributed by atoms with Gasteiger partial charge in [-0.2, -0.15) is 0 Å². The number of hydrogen-bond acceptors (Lipinski definition) is 5. The first-order valence-electron chi connectivity index (χ1n) is 10.6. The second kappa shape index (κ2) is 9.09. The van der Waals surface area contributed by atoms with E-state index in [1.807, 2.05) is 60.7 Å². The lowest BCUT2D eigenvalue weighted by atomic mass is 10.1. The predicted molar refractivity (Wildman–Crippen MR) is 128 cm³/mol. The molecule has 1 heterocycles. The van der Waals surface area contributed by atoms with Crippen LogP contribution in [0.1, 0.15) is 11.1 Å². The molecule has 0 saturated carbocycles. The van der Waals surface area contributed by atoms with Crippen molar-refractivity contribution in [2.24, 2.45) is 0 Å². The molecule has 0 atom stereocenters. The van der Waals surface area contributed by atoms with Crippen molar-refractivity contribution in [1.29, 1.82) is 0 Å². The fraction of sp³-hybridized carbons (Fsp3) is 0.107. The maximum atomic E-state index is 13.3. The van der Waals surface area contributed by atoms with Gasteiger partial charge in [0.05, 0.1) is 12.5 Å². The summed E-state index contributed by atoms with van der Waals surface area (Å²) >= 11 is 0. The van der Waals surface area contributed by atoms with Crippen LogP contribution in [0.5, 0.6) is 17.2 Å². The quantitative estimate of drug-likeness (QED) is 0.287. The molecule has 0 spiro atoms. The van der Waals surface area contributed by atoms with Crippen LogP contribution in [0.3, 0.4) is 0 Å². The lowest BCUT2D eigenvalue weighted by Crippen LogP contribution is -2.06. The number of methoxy groups -OCH3 is 1. The third kappa shape index (κ3) is 4.26. The third-order valence-electron chi connectivity index (χ3n) is 5.41. The summed E-state index contributed by atoms with van der Waals surface area (Å²) in [6.07, 6.45) is 0. The summed E-state index contributed by atoms with van der Waals surface area (Å²) in [5.41, 5.74) is 2.66. The summed E-state index contributed by atoms with van der Waals surface area (Å²) < 4.78 is 23.7. The summed E-state index contributed by atoms with van der Waals surface area (Å²) in [4.78, 5) is 13.3. The van der Waals surface area contributed by atoms with Gasteiger partial charge in [0.15, 0.2) is 11.3 Å². The van der Waals surface area contributed by atoms with Crippen LogP contribution in [-0.2, 0) is 13.2 Å².